The second-order valence-electron chi connectivity index (χ2n) is 7.17. The van der Waals surface area contributed by atoms with Crippen molar-refractivity contribution in [2.24, 2.45) is 13.0 Å². The Morgan fingerprint density at radius 3 is 3.00 bits per heavy atom. The van der Waals surface area contributed by atoms with Crippen LogP contribution in [-0.4, -0.2) is 38.7 Å². The van der Waals surface area contributed by atoms with Crippen molar-refractivity contribution in [2.45, 2.75) is 26.2 Å². The van der Waals surface area contributed by atoms with Gasteiger partial charge in [-0.05, 0) is 43.7 Å². The summed E-state index contributed by atoms with van der Waals surface area (Å²) in [5.41, 5.74) is 4.32. The number of carbonyl (C=O) groups is 1. The van der Waals surface area contributed by atoms with Gasteiger partial charge in [-0.25, -0.2) is 0 Å². The zero-order valence-corrected chi connectivity index (χ0v) is 14.8. The minimum absolute atomic E-state index is 0.155. The summed E-state index contributed by atoms with van der Waals surface area (Å²) in [4.78, 5) is 15.2. The summed E-state index contributed by atoms with van der Waals surface area (Å²) >= 11 is 0. The lowest BCUT2D eigenvalue weighted by atomic mass is 9.92. The lowest BCUT2D eigenvalue weighted by molar-refractivity contribution is 0.0674. The molecule has 1 unspecified atom stereocenters. The molecule has 3 aromatic rings. The van der Waals surface area contributed by atoms with Crippen LogP contribution >= 0.6 is 0 Å². The number of amides is 1. The molecule has 1 N–H and O–H groups in total. The van der Waals surface area contributed by atoms with Crippen LogP contribution in [0, 0.1) is 12.8 Å². The Hall–Kier alpha value is -2.56. The molecule has 25 heavy (non-hydrogen) atoms. The smallest absolute Gasteiger partial charge is 0.256 e. The van der Waals surface area contributed by atoms with Gasteiger partial charge in [-0.15, -0.1) is 0 Å². The first kappa shape index (κ1) is 15.9. The lowest BCUT2D eigenvalue weighted by Gasteiger charge is -2.32. The average Bonchev–Trinajstić information content (AvgIpc) is 3.19. The third kappa shape index (κ3) is 2.95. The standard InChI is InChI=1S/C20H24N4O/c1-14-11-21-22-18(14)10-15-6-5-9-24(12-15)20(25)17-13-23(2)19-8-4-3-7-16(17)19/h3-4,7-8,11,13,15H,5-6,9-10,12H2,1-2H3,(H,21,22). The summed E-state index contributed by atoms with van der Waals surface area (Å²) in [6.07, 6.45) is 7.03. The maximum atomic E-state index is 13.1. The molecule has 1 atom stereocenters. The van der Waals surface area contributed by atoms with Crippen molar-refractivity contribution in [2.75, 3.05) is 13.1 Å². The van der Waals surface area contributed by atoms with Gasteiger partial charge in [0.2, 0.25) is 0 Å². The van der Waals surface area contributed by atoms with Gasteiger partial charge in [0, 0.05) is 42.9 Å². The van der Waals surface area contributed by atoms with Crippen LogP contribution in [0.25, 0.3) is 10.9 Å². The number of aromatic nitrogens is 3. The molecule has 1 aliphatic heterocycles. The summed E-state index contributed by atoms with van der Waals surface area (Å²) in [7, 11) is 2.00. The van der Waals surface area contributed by atoms with Gasteiger partial charge in [-0.1, -0.05) is 18.2 Å². The molecule has 130 valence electrons. The van der Waals surface area contributed by atoms with Gasteiger partial charge in [0.1, 0.15) is 0 Å². The van der Waals surface area contributed by atoms with Crippen molar-refractivity contribution in [1.29, 1.82) is 0 Å². The third-order valence-electron chi connectivity index (χ3n) is 5.36. The highest BCUT2D eigenvalue weighted by atomic mass is 16.2. The molecule has 0 aliphatic carbocycles. The first-order valence-electron chi connectivity index (χ1n) is 8.95. The molecule has 5 nitrogen and oxygen atoms in total. The topological polar surface area (TPSA) is 53.9 Å². The Labute approximate surface area is 147 Å². The predicted octanol–water partition coefficient (Wildman–Crippen LogP) is 3.30. The number of nitrogens with one attached hydrogen (secondary N) is 1. The van der Waals surface area contributed by atoms with E-state index in [2.05, 4.69) is 23.2 Å². The molecule has 0 bridgehead atoms. The van der Waals surface area contributed by atoms with Gasteiger partial charge < -0.3 is 9.47 Å². The van der Waals surface area contributed by atoms with Crippen molar-refractivity contribution < 1.29 is 4.79 Å². The Balaban J connectivity index is 1.54. The lowest BCUT2D eigenvalue weighted by Crippen LogP contribution is -2.40. The van der Waals surface area contributed by atoms with Crippen molar-refractivity contribution in [1.82, 2.24) is 19.7 Å². The molecule has 1 saturated heterocycles. The Bertz CT molecular complexity index is 907. The second kappa shape index (κ2) is 6.39. The summed E-state index contributed by atoms with van der Waals surface area (Å²) in [6, 6.07) is 8.11. The third-order valence-corrected chi connectivity index (χ3v) is 5.36. The number of piperidine rings is 1. The van der Waals surface area contributed by atoms with E-state index >= 15 is 0 Å². The number of nitrogens with zero attached hydrogens (tertiary/aromatic N) is 3. The number of likely N-dealkylation sites (tertiary alicyclic amines) is 1. The van der Waals surface area contributed by atoms with E-state index in [0.717, 1.165) is 48.8 Å². The van der Waals surface area contributed by atoms with Crippen LogP contribution in [0.4, 0.5) is 0 Å². The fourth-order valence-electron chi connectivity index (χ4n) is 3.97. The zero-order valence-electron chi connectivity index (χ0n) is 14.8. The quantitative estimate of drug-likeness (QED) is 0.798. The van der Waals surface area contributed by atoms with Crippen molar-refractivity contribution >= 4 is 16.8 Å². The zero-order chi connectivity index (χ0) is 17.4. The SMILES string of the molecule is Cc1cn[nH]c1CC1CCCN(C(=O)c2cn(C)c3ccccc23)C1. The molecule has 4 rings (SSSR count). The first-order valence-corrected chi connectivity index (χ1v) is 8.95. The van der Waals surface area contributed by atoms with E-state index in [0.29, 0.717) is 5.92 Å². The molecule has 5 heteroatoms. The molecule has 0 saturated carbocycles. The molecule has 3 heterocycles. The van der Waals surface area contributed by atoms with E-state index in [4.69, 9.17) is 0 Å². The van der Waals surface area contributed by atoms with Crippen LogP contribution in [0.5, 0.6) is 0 Å². The average molecular weight is 336 g/mol. The number of benzene rings is 1. The van der Waals surface area contributed by atoms with Gasteiger partial charge in [-0.2, -0.15) is 5.10 Å². The first-order chi connectivity index (χ1) is 12.1. The fourth-order valence-corrected chi connectivity index (χ4v) is 3.97. The maximum absolute atomic E-state index is 13.1. The van der Waals surface area contributed by atoms with Crippen molar-refractivity contribution in [3.63, 3.8) is 0 Å². The maximum Gasteiger partial charge on any atom is 0.256 e. The Morgan fingerprint density at radius 2 is 2.20 bits per heavy atom. The van der Waals surface area contributed by atoms with E-state index in [1.807, 2.05) is 47.1 Å². The Kier molecular flexibility index (Phi) is 4.07. The van der Waals surface area contributed by atoms with Crippen LogP contribution in [0.1, 0.15) is 34.5 Å². The summed E-state index contributed by atoms with van der Waals surface area (Å²) in [5.74, 6) is 0.648. The molecule has 1 aliphatic rings. The van der Waals surface area contributed by atoms with Crippen LogP contribution in [0.3, 0.4) is 0 Å². The van der Waals surface area contributed by atoms with Crippen LogP contribution in [0.15, 0.2) is 36.7 Å². The summed E-state index contributed by atoms with van der Waals surface area (Å²) in [5, 5.41) is 8.26. The molecular formula is C20H24N4O. The van der Waals surface area contributed by atoms with Gasteiger partial charge in [0.15, 0.2) is 0 Å². The largest absolute Gasteiger partial charge is 0.350 e. The second-order valence-corrected chi connectivity index (χ2v) is 7.17. The van der Waals surface area contributed by atoms with Crippen LogP contribution < -0.4 is 0 Å². The summed E-state index contributed by atoms with van der Waals surface area (Å²) < 4.78 is 2.04. The van der Waals surface area contributed by atoms with Crippen LogP contribution in [0.2, 0.25) is 0 Å². The molecule has 1 fully saturated rings. The predicted molar refractivity (Wildman–Crippen MR) is 98.6 cm³/mol. The fraction of sp³-hybridized carbons (Fsp3) is 0.400. The number of aryl methyl sites for hydroxylation is 2. The van der Waals surface area contributed by atoms with E-state index in [1.54, 1.807) is 0 Å². The van der Waals surface area contributed by atoms with E-state index in [-0.39, 0.29) is 5.91 Å². The van der Waals surface area contributed by atoms with Crippen LogP contribution in [-0.2, 0) is 13.5 Å². The van der Waals surface area contributed by atoms with Crippen molar-refractivity contribution in [3.05, 3.63) is 53.5 Å². The van der Waals surface area contributed by atoms with Gasteiger partial charge in [-0.3, -0.25) is 9.89 Å². The highest BCUT2D eigenvalue weighted by Gasteiger charge is 2.27. The molecule has 2 aromatic heterocycles. The van der Waals surface area contributed by atoms with E-state index in [9.17, 15) is 4.79 Å². The number of aromatic amines is 1. The number of H-pyrrole nitrogens is 1. The van der Waals surface area contributed by atoms with Crippen molar-refractivity contribution in [3.8, 4) is 0 Å². The molecular weight excluding hydrogens is 312 g/mol. The minimum atomic E-state index is 0.155. The van der Waals surface area contributed by atoms with E-state index in [1.165, 1.54) is 11.3 Å². The normalized spacial score (nSPS) is 18.0. The van der Waals surface area contributed by atoms with E-state index < -0.39 is 0 Å². The number of carbonyl (C=O) groups excluding carboxylic acids is 1. The number of hydrogen-bond acceptors (Lipinski definition) is 2. The summed E-state index contributed by atoms with van der Waals surface area (Å²) in [6.45, 7) is 3.75. The molecule has 1 amide bonds. The highest BCUT2D eigenvalue weighted by molar-refractivity contribution is 6.07. The highest BCUT2D eigenvalue weighted by Crippen LogP contribution is 2.26. The monoisotopic (exact) mass is 336 g/mol. The minimum Gasteiger partial charge on any atom is -0.350 e. The molecule has 0 spiro atoms. The Morgan fingerprint density at radius 1 is 1.36 bits per heavy atom. The molecule has 1 aromatic carbocycles. The van der Waals surface area contributed by atoms with Gasteiger partial charge in [0.25, 0.3) is 5.91 Å². The number of hydrogen-bond donors (Lipinski definition) is 1. The number of para-hydroxylation sites is 1. The number of fused-ring (bicyclic) bond motifs is 1. The number of rotatable bonds is 3. The van der Waals surface area contributed by atoms with Gasteiger partial charge in [0.05, 0.1) is 11.8 Å². The molecule has 0 radical (unpaired) electrons. The van der Waals surface area contributed by atoms with Gasteiger partial charge >= 0.3 is 0 Å².